The first-order chi connectivity index (χ1) is 9.15. The lowest BCUT2D eigenvalue weighted by molar-refractivity contribution is -0.0284. The van der Waals surface area contributed by atoms with Gasteiger partial charge in [0.25, 0.3) is 0 Å². The third-order valence-electron chi connectivity index (χ3n) is 3.68. The van der Waals surface area contributed by atoms with E-state index < -0.39 is 0 Å². The Balaban J connectivity index is 2.13. The average Bonchev–Trinajstić information content (AvgIpc) is 2.66. The molecule has 0 amide bonds. The summed E-state index contributed by atoms with van der Waals surface area (Å²) in [6.07, 6.45) is 7.53. The lowest BCUT2D eigenvalue weighted by atomic mass is 10.0. The molecule has 6 unspecified atom stereocenters. The number of allylic oxidation sites excluding steroid dienone is 1. The molecule has 0 saturated carbocycles. The van der Waals surface area contributed by atoms with Gasteiger partial charge >= 0.3 is 0 Å². The molecule has 0 N–H and O–H groups in total. The van der Waals surface area contributed by atoms with Crippen molar-refractivity contribution in [2.24, 2.45) is 0 Å². The first-order valence-corrected chi connectivity index (χ1v) is 8.66. The minimum Gasteiger partial charge on any atom is -0.371 e. The molecule has 0 aliphatic carbocycles. The van der Waals surface area contributed by atoms with E-state index in [0.717, 1.165) is 19.3 Å². The van der Waals surface area contributed by atoms with Gasteiger partial charge in [0.05, 0.1) is 18.3 Å². The monoisotopic (exact) mass is 390 g/mol. The maximum atomic E-state index is 6.25. The van der Waals surface area contributed by atoms with E-state index >= 15 is 0 Å². The number of rotatable bonds is 3. The largest absolute Gasteiger partial charge is 0.371 e. The van der Waals surface area contributed by atoms with E-state index in [-0.39, 0.29) is 24.4 Å². The third-order valence-corrected chi connectivity index (χ3v) is 5.88. The summed E-state index contributed by atoms with van der Waals surface area (Å²) in [4.78, 5) is 0.817. The zero-order valence-corrected chi connectivity index (χ0v) is 14.5. The minimum atomic E-state index is 0.00463. The number of ether oxygens (including phenoxy) is 2. The Morgan fingerprint density at radius 1 is 1.32 bits per heavy atom. The normalized spacial score (nSPS) is 39.7. The highest BCUT2D eigenvalue weighted by atomic mass is 79.9. The van der Waals surface area contributed by atoms with Crippen molar-refractivity contribution >= 4 is 31.9 Å². The van der Waals surface area contributed by atoms with Crippen molar-refractivity contribution in [3.8, 4) is 11.8 Å². The molecule has 2 rings (SSSR count). The van der Waals surface area contributed by atoms with Crippen molar-refractivity contribution in [3.63, 3.8) is 0 Å². The maximum Gasteiger partial charge on any atom is 0.103 e. The second-order valence-corrected chi connectivity index (χ2v) is 7.37. The summed E-state index contributed by atoms with van der Waals surface area (Å²) in [6.45, 7) is 4.01. The molecule has 19 heavy (non-hydrogen) atoms. The van der Waals surface area contributed by atoms with E-state index in [9.17, 15) is 0 Å². The van der Waals surface area contributed by atoms with Gasteiger partial charge in [0.1, 0.15) is 6.10 Å². The Kier molecular flexibility index (Phi) is 5.95. The molecular formula is C15H20Br2O2. The Hall–Kier alpha value is 0.180. The number of alkyl halides is 2. The van der Waals surface area contributed by atoms with Crippen molar-refractivity contribution in [1.82, 2.24) is 0 Å². The van der Waals surface area contributed by atoms with Gasteiger partial charge in [-0.2, -0.15) is 0 Å². The molecule has 4 heteroatoms. The number of fused-ring (bicyclic) bond motifs is 2. The zero-order valence-electron chi connectivity index (χ0n) is 11.3. The van der Waals surface area contributed by atoms with E-state index in [4.69, 9.17) is 9.47 Å². The lowest BCUT2D eigenvalue weighted by Gasteiger charge is -2.28. The van der Waals surface area contributed by atoms with Gasteiger partial charge in [-0.25, -0.2) is 0 Å². The predicted molar refractivity (Wildman–Crippen MR) is 84.9 cm³/mol. The predicted octanol–water partition coefficient (Wildman–Crippen LogP) is 3.82. The summed E-state index contributed by atoms with van der Waals surface area (Å²) in [6, 6.07) is 0. The van der Waals surface area contributed by atoms with Crippen molar-refractivity contribution in [3.05, 3.63) is 12.2 Å². The molecular weight excluding hydrogens is 372 g/mol. The standard InChI is InChI=1S/C15H20Br2O2/c1-3-5-6-7-12-15-8-11(17)14(19-15)9-13(18-12)10(16)4-2/h6-7,10-15H,4,8-9H2,1-2H3/b7-6+. The topological polar surface area (TPSA) is 18.5 Å². The fourth-order valence-corrected chi connectivity index (χ4v) is 3.67. The summed E-state index contributed by atoms with van der Waals surface area (Å²) in [5.41, 5.74) is 0. The Morgan fingerprint density at radius 2 is 2.11 bits per heavy atom. The van der Waals surface area contributed by atoms with Gasteiger partial charge in [-0.05, 0) is 31.9 Å². The molecule has 6 atom stereocenters. The van der Waals surface area contributed by atoms with Crippen molar-refractivity contribution in [2.75, 3.05) is 0 Å². The molecule has 0 spiro atoms. The van der Waals surface area contributed by atoms with Gasteiger partial charge in [-0.3, -0.25) is 0 Å². The van der Waals surface area contributed by atoms with Crippen LogP contribution in [0.3, 0.4) is 0 Å². The van der Waals surface area contributed by atoms with Crippen molar-refractivity contribution < 1.29 is 9.47 Å². The number of hydrogen-bond donors (Lipinski definition) is 0. The number of hydrogen-bond acceptors (Lipinski definition) is 2. The first kappa shape index (κ1) is 15.6. The second kappa shape index (κ2) is 7.26. The first-order valence-electron chi connectivity index (χ1n) is 6.83. The molecule has 2 fully saturated rings. The van der Waals surface area contributed by atoms with Crippen LogP contribution in [0.4, 0.5) is 0 Å². The molecule has 0 aromatic carbocycles. The molecule has 0 radical (unpaired) electrons. The van der Waals surface area contributed by atoms with Gasteiger partial charge in [0, 0.05) is 16.1 Å². The van der Waals surface area contributed by atoms with Crippen molar-refractivity contribution in [2.45, 2.75) is 67.2 Å². The lowest BCUT2D eigenvalue weighted by Crippen LogP contribution is -2.35. The fraction of sp³-hybridized carbons (Fsp3) is 0.733. The SMILES string of the molecule is CC#C/C=C/C1OC(C(Br)CC)CC2OC1CC2Br. The highest BCUT2D eigenvalue weighted by Crippen LogP contribution is 2.38. The van der Waals surface area contributed by atoms with Crippen LogP contribution in [0, 0.1) is 11.8 Å². The quantitative estimate of drug-likeness (QED) is 0.537. The molecule has 0 aromatic heterocycles. The Bertz CT molecular complexity index is 385. The summed E-state index contributed by atoms with van der Waals surface area (Å²) >= 11 is 7.47. The van der Waals surface area contributed by atoms with Crippen LogP contribution in [0.25, 0.3) is 0 Å². The molecule has 2 nitrogen and oxygen atoms in total. The Morgan fingerprint density at radius 3 is 2.79 bits per heavy atom. The van der Waals surface area contributed by atoms with Crippen LogP contribution in [0.15, 0.2) is 12.2 Å². The zero-order chi connectivity index (χ0) is 13.8. The molecule has 2 saturated heterocycles. The average molecular weight is 392 g/mol. The van der Waals surface area contributed by atoms with Crippen LogP contribution < -0.4 is 0 Å². The summed E-state index contributed by atoms with van der Waals surface area (Å²) in [7, 11) is 0. The van der Waals surface area contributed by atoms with Crippen LogP contribution >= 0.6 is 31.9 Å². The molecule has 2 heterocycles. The number of halogens is 2. The highest BCUT2D eigenvalue weighted by molar-refractivity contribution is 9.09. The summed E-state index contributed by atoms with van der Waals surface area (Å²) < 4.78 is 12.4. The third kappa shape index (κ3) is 3.85. The van der Waals surface area contributed by atoms with E-state index in [1.807, 2.05) is 19.1 Å². The van der Waals surface area contributed by atoms with E-state index in [1.54, 1.807) is 0 Å². The van der Waals surface area contributed by atoms with Crippen LogP contribution in [-0.2, 0) is 9.47 Å². The van der Waals surface area contributed by atoms with E-state index in [0.29, 0.717) is 9.65 Å². The summed E-state index contributed by atoms with van der Waals surface area (Å²) in [5.74, 6) is 5.82. The van der Waals surface area contributed by atoms with Crippen LogP contribution in [0.1, 0.15) is 33.1 Å². The van der Waals surface area contributed by atoms with Gasteiger partial charge in [0.15, 0.2) is 0 Å². The van der Waals surface area contributed by atoms with Crippen molar-refractivity contribution in [1.29, 1.82) is 0 Å². The van der Waals surface area contributed by atoms with Gasteiger partial charge in [-0.15, -0.1) is 5.92 Å². The van der Waals surface area contributed by atoms with E-state index in [2.05, 4.69) is 50.6 Å². The minimum absolute atomic E-state index is 0.00463. The molecule has 2 aliphatic rings. The van der Waals surface area contributed by atoms with Crippen LogP contribution in [-0.4, -0.2) is 34.1 Å². The van der Waals surface area contributed by atoms with E-state index in [1.165, 1.54) is 0 Å². The molecule has 2 bridgehead atoms. The fourth-order valence-electron chi connectivity index (χ4n) is 2.62. The van der Waals surface area contributed by atoms with Crippen LogP contribution in [0.5, 0.6) is 0 Å². The van der Waals surface area contributed by atoms with Gasteiger partial charge in [0.2, 0.25) is 0 Å². The molecule has 2 aliphatic heterocycles. The van der Waals surface area contributed by atoms with Gasteiger partial charge in [-0.1, -0.05) is 44.7 Å². The second-order valence-electron chi connectivity index (χ2n) is 5.02. The van der Waals surface area contributed by atoms with Gasteiger partial charge < -0.3 is 9.47 Å². The molecule has 0 aromatic rings. The van der Waals surface area contributed by atoms with Crippen LogP contribution in [0.2, 0.25) is 0 Å². The smallest absolute Gasteiger partial charge is 0.103 e. The Labute approximate surface area is 132 Å². The maximum absolute atomic E-state index is 6.25. The highest BCUT2D eigenvalue weighted by Gasteiger charge is 2.43. The molecule has 106 valence electrons. The summed E-state index contributed by atoms with van der Waals surface area (Å²) in [5, 5.41) is 0.